The normalized spacial score (nSPS) is 15.6. The van der Waals surface area contributed by atoms with E-state index in [1.54, 1.807) is 18.2 Å². The third-order valence-electron chi connectivity index (χ3n) is 3.43. The Morgan fingerprint density at radius 3 is 2.77 bits per heavy atom. The Hall–Kier alpha value is -1.50. The summed E-state index contributed by atoms with van der Waals surface area (Å²) in [6.45, 7) is -2.47. The summed E-state index contributed by atoms with van der Waals surface area (Å²) in [6, 6.07) is 6.65. The van der Waals surface area contributed by atoms with Gasteiger partial charge in [-0.2, -0.15) is 20.5 Å². The van der Waals surface area contributed by atoms with Crippen LogP contribution in [-0.2, 0) is 6.42 Å². The van der Waals surface area contributed by atoms with Gasteiger partial charge in [0.25, 0.3) is 0 Å². The maximum atomic E-state index is 12.3. The molecule has 0 aromatic heterocycles. The minimum absolute atomic E-state index is 0.156. The maximum absolute atomic E-state index is 12.3. The Balaban J connectivity index is 1.74. The highest BCUT2D eigenvalue weighted by atomic mass is 32.2. The average molecular weight is 330 g/mol. The van der Waals surface area contributed by atoms with E-state index >= 15 is 0 Å². The average Bonchev–Trinajstić information content (AvgIpc) is 2.49. The van der Waals surface area contributed by atoms with Crippen LogP contribution < -0.4 is 15.4 Å². The fourth-order valence-corrected chi connectivity index (χ4v) is 3.42. The molecule has 4 nitrogen and oxygen atoms in total. The van der Waals surface area contributed by atoms with Gasteiger partial charge in [0, 0.05) is 12.6 Å². The molecule has 0 unspecified atom stereocenters. The van der Waals surface area contributed by atoms with Crippen molar-refractivity contribution in [3.05, 3.63) is 29.8 Å². The fourth-order valence-electron chi connectivity index (χ4n) is 2.31. The Labute approximate surface area is 133 Å². The molecule has 2 amide bonds. The molecule has 2 rings (SSSR count). The van der Waals surface area contributed by atoms with Crippen LogP contribution in [0, 0.1) is 0 Å². The lowest BCUT2D eigenvalue weighted by atomic mass is 10.1. The lowest BCUT2D eigenvalue weighted by Gasteiger charge is -2.22. The van der Waals surface area contributed by atoms with Crippen molar-refractivity contribution in [1.82, 2.24) is 10.6 Å². The SMILES string of the molecule is O=C(NCCc1ccccc1OC(F)F)NC1CCSCC1. The number of ether oxygens (including phenoxy) is 1. The van der Waals surface area contributed by atoms with Gasteiger partial charge in [-0.3, -0.25) is 0 Å². The first-order valence-electron chi connectivity index (χ1n) is 7.30. The smallest absolute Gasteiger partial charge is 0.387 e. The van der Waals surface area contributed by atoms with Crippen LogP contribution >= 0.6 is 11.8 Å². The fraction of sp³-hybridized carbons (Fsp3) is 0.533. The number of hydrogen-bond donors (Lipinski definition) is 2. The first-order chi connectivity index (χ1) is 10.6. The van der Waals surface area contributed by atoms with Crippen LogP contribution in [0.5, 0.6) is 5.75 Å². The van der Waals surface area contributed by atoms with Crippen LogP contribution in [0.15, 0.2) is 24.3 Å². The van der Waals surface area contributed by atoms with E-state index in [1.807, 2.05) is 11.8 Å². The van der Waals surface area contributed by atoms with Crippen LogP contribution in [0.4, 0.5) is 13.6 Å². The molecule has 0 aliphatic carbocycles. The van der Waals surface area contributed by atoms with E-state index in [2.05, 4.69) is 15.4 Å². The van der Waals surface area contributed by atoms with Crippen molar-refractivity contribution in [3.8, 4) is 5.75 Å². The second-order valence-electron chi connectivity index (χ2n) is 5.02. The van der Waals surface area contributed by atoms with E-state index in [4.69, 9.17) is 0 Å². The lowest BCUT2D eigenvalue weighted by molar-refractivity contribution is -0.0504. The second kappa shape index (κ2) is 8.82. The Morgan fingerprint density at radius 1 is 1.32 bits per heavy atom. The summed E-state index contributed by atoms with van der Waals surface area (Å²) in [5.74, 6) is 2.30. The van der Waals surface area contributed by atoms with Crippen molar-refractivity contribution in [1.29, 1.82) is 0 Å². The van der Waals surface area contributed by atoms with Gasteiger partial charge in [-0.05, 0) is 42.4 Å². The molecular weight excluding hydrogens is 310 g/mol. The molecule has 1 heterocycles. The Bertz CT molecular complexity index is 482. The van der Waals surface area contributed by atoms with Gasteiger partial charge in [-0.1, -0.05) is 18.2 Å². The summed E-state index contributed by atoms with van der Waals surface area (Å²) in [6.07, 6.45) is 2.42. The highest BCUT2D eigenvalue weighted by molar-refractivity contribution is 7.99. The molecule has 1 saturated heterocycles. The number of amides is 2. The third kappa shape index (κ3) is 5.71. The molecule has 0 saturated carbocycles. The van der Waals surface area contributed by atoms with E-state index in [-0.39, 0.29) is 17.8 Å². The van der Waals surface area contributed by atoms with Crippen LogP contribution in [0.25, 0.3) is 0 Å². The van der Waals surface area contributed by atoms with Gasteiger partial charge in [0.2, 0.25) is 0 Å². The summed E-state index contributed by atoms with van der Waals surface area (Å²) in [7, 11) is 0. The number of benzene rings is 1. The van der Waals surface area contributed by atoms with Crippen LogP contribution in [0.3, 0.4) is 0 Å². The predicted octanol–water partition coefficient (Wildman–Crippen LogP) is 3.03. The number of thioether (sulfide) groups is 1. The van der Waals surface area contributed by atoms with E-state index in [9.17, 15) is 13.6 Å². The second-order valence-corrected chi connectivity index (χ2v) is 6.25. The molecule has 7 heteroatoms. The van der Waals surface area contributed by atoms with Gasteiger partial charge in [-0.25, -0.2) is 4.79 Å². The highest BCUT2D eigenvalue weighted by Crippen LogP contribution is 2.20. The number of alkyl halides is 2. The third-order valence-corrected chi connectivity index (χ3v) is 4.47. The zero-order chi connectivity index (χ0) is 15.8. The quantitative estimate of drug-likeness (QED) is 0.843. The van der Waals surface area contributed by atoms with Crippen molar-refractivity contribution in [2.45, 2.75) is 31.9 Å². The van der Waals surface area contributed by atoms with Gasteiger partial charge in [0.05, 0.1) is 0 Å². The monoisotopic (exact) mass is 330 g/mol. The molecule has 0 bridgehead atoms. The summed E-state index contributed by atoms with van der Waals surface area (Å²) in [4.78, 5) is 11.8. The number of carbonyl (C=O) groups excluding carboxylic acids is 1. The zero-order valence-corrected chi connectivity index (χ0v) is 13.0. The number of hydrogen-bond acceptors (Lipinski definition) is 3. The summed E-state index contributed by atoms with van der Waals surface area (Å²) in [5, 5.41) is 5.70. The van der Waals surface area contributed by atoms with Gasteiger partial charge >= 0.3 is 12.6 Å². The molecule has 1 aliphatic heterocycles. The first kappa shape index (κ1) is 16.9. The van der Waals surface area contributed by atoms with Crippen molar-refractivity contribution < 1.29 is 18.3 Å². The molecule has 0 spiro atoms. The minimum Gasteiger partial charge on any atom is -0.435 e. The zero-order valence-electron chi connectivity index (χ0n) is 12.2. The van der Waals surface area contributed by atoms with E-state index in [0.717, 1.165) is 24.3 Å². The molecule has 1 aliphatic rings. The maximum Gasteiger partial charge on any atom is 0.387 e. The molecule has 1 fully saturated rings. The molecule has 122 valence electrons. The molecule has 0 atom stereocenters. The van der Waals surface area contributed by atoms with E-state index < -0.39 is 6.61 Å². The molecule has 1 aromatic carbocycles. The first-order valence-corrected chi connectivity index (χ1v) is 8.45. The largest absolute Gasteiger partial charge is 0.435 e. The minimum atomic E-state index is -2.85. The molecular formula is C15H20F2N2O2S. The molecule has 1 aromatic rings. The van der Waals surface area contributed by atoms with Crippen molar-refractivity contribution in [2.24, 2.45) is 0 Å². The van der Waals surface area contributed by atoms with Crippen LogP contribution in [0.2, 0.25) is 0 Å². The lowest BCUT2D eigenvalue weighted by Crippen LogP contribution is -2.44. The summed E-state index contributed by atoms with van der Waals surface area (Å²) in [5.41, 5.74) is 0.650. The van der Waals surface area contributed by atoms with E-state index in [1.165, 1.54) is 6.07 Å². The Morgan fingerprint density at radius 2 is 2.05 bits per heavy atom. The number of nitrogens with one attached hydrogen (secondary N) is 2. The number of urea groups is 1. The van der Waals surface area contributed by atoms with Crippen molar-refractivity contribution in [3.63, 3.8) is 0 Å². The molecule has 2 N–H and O–H groups in total. The number of carbonyl (C=O) groups is 1. The van der Waals surface area contributed by atoms with Crippen molar-refractivity contribution >= 4 is 17.8 Å². The molecule has 22 heavy (non-hydrogen) atoms. The topological polar surface area (TPSA) is 50.4 Å². The van der Waals surface area contributed by atoms with Gasteiger partial charge in [-0.15, -0.1) is 0 Å². The number of halogens is 2. The van der Waals surface area contributed by atoms with E-state index in [0.29, 0.717) is 18.5 Å². The predicted molar refractivity (Wildman–Crippen MR) is 83.7 cm³/mol. The summed E-state index contributed by atoms with van der Waals surface area (Å²) < 4.78 is 29.1. The van der Waals surface area contributed by atoms with Crippen molar-refractivity contribution in [2.75, 3.05) is 18.1 Å². The van der Waals surface area contributed by atoms with Crippen LogP contribution in [0.1, 0.15) is 18.4 Å². The number of rotatable bonds is 6. The van der Waals surface area contributed by atoms with Gasteiger partial charge < -0.3 is 15.4 Å². The Kier molecular flexibility index (Phi) is 6.76. The van der Waals surface area contributed by atoms with Gasteiger partial charge in [0.1, 0.15) is 5.75 Å². The highest BCUT2D eigenvalue weighted by Gasteiger charge is 2.15. The summed E-state index contributed by atoms with van der Waals surface area (Å²) >= 11 is 1.90. The standard InChI is InChI=1S/C15H20F2N2O2S/c16-14(17)21-13-4-2-1-3-11(13)5-8-18-15(20)19-12-6-9-22-10-7-12/h1-4,12,14H,5-10H2,(H2,18,19,20). The van der Waals surface area contributed by atoms with Crippen LogP contribution in [-0.4, -0.2) is 36.7 Å². The van der Waals surface area contributed by atoms with Gasteiger partial charge in [0.15, 0.2) is 0 Å². The molecule has 0 radical (unpaired) electrons. The number of para-hydroxylation sites is 1.